The summed E-state index contributed by atoms with van der Waals surface area (Å²) in [5.41, 5.74) is 4.40. The molecule has 128 valence electrons. The average Bonchev–Trinajstić information content (AvgIpc) is 2.67. The van der Waals surface area contributed by atoms with Gasteiger partial charge in [-0.25, -0.2) is 0 Å². The van der Waals surface area contributed by atoms with E-state index in [0.29, 0.717) is 5.92 Å². The van der Waals surface area contributed by atoms with Gasteiger partial charge in [0.2, 0.25) is 0 Å². The van der Waals surface area contributed by atoms with E-state index >= 15 is 0 Å². The van der Waals surface area contributed by atoms with E-state index < -0.39 is 0 Å². The molecule has 26 heavy (non-hydrogen) atoms. The van der Waals surface area contributed by atoms with Gasteiger partial charge in [0.1, 0.15) is 0 Å². The van der Waals surface area contributed by atoms with E-state index in [4.69, 9.17) is 11.6 Å². The maximum atomic E-state index is 6.12. The molecule has 0 N–H and O–H groups in total. The third kappa shape index (κ3) is 2.66. The Morgan fingerprint density at radius 2 is 1.69 bits per heavy atom. The van der Waals surface area contributed by atoms with Crippen molar-refractivity contribution < 1.29 is 0 Å². The highest BCUT2D eigenvalue weighted by Crippen LogP contribution is 2.40. The van der Waals surface area contributed by atoms with Gasteiger partial charge in [-0.2, -0.15) is 0 Å². The van der Waals surface area contributed by atoms with Crippen LogP contribution in [0.3, 0.4) is 0 Å². The van der Waals surface area contributed by atoms with Gasteiger partial charge in [-0.3, -0.25) is 0 Å². The zero-order chi connectivity index (χ0) is 17.7. The summed E-state index contributed by atoms with van der Waals surface area (Å²) in [6.07, 6.45) is 3.41. The lowest BCUT2D eigenvalue weighted by Crippen LogP contribution is -2.13. The van der Waals surface area contributed by atoms with Crippen molar-refractivity contribution in [2.24, 2.45) is 0 Å². The van der Waals surface area contributed by atoms with E-state index in [2.05, 4.69) is 70.5 Å². The van der Waals surface area contributed by atoms with E-state index in [1.807, 2.05) is 12.1 Å². The van der Waals surface area contributed by atoms with Crippen LogP contribution >= 0.6 is 27.5 Å². The van der Waals surface area contributed by atoms with Gasteiger partial charge in [0, 0.05) is 9.50 Å². The molecule has 0 fully saturated rings. The summed E-state index contributed by atoms with van der Waals surface area (Å²) in [6, 6.07) is 24.1. The van der Waals surface area contributed by atoms with Crippen LogP contribution in [0, 0.1) is 0 Å². The zero-order valence-corrected chi connectivity index (χ0v) is 16.6. The largest absolute Gasteiger partial charge is 0.0843 e. The van der Waals surface area contributed by atoms with Crippen molar-refractivity contribution >= 4 is 49.1 Å². The number of benzene rings is 4. The summed E-state index contributed by atoms with van der Waals surface area (Å²) in [5, 5.41) is 6.27. The van der Waals surface area contributed by atoms with Gasteiger partial charge < -0.3 is 0 Å². The Balaban J connectivity index is 1.60. The second-order valence-electron chi connectivity index (χ2n) is 7.19. The Kier molecular flexibility index (Phi) is 4.03. The highest BCUT2D eigenvalue weighted by molar-refractivity contribution is 9.10. The van der Waals surface area contributed by atoms with Gasteiger partial charge in [-0.1, -0.05) is 82.1 Å². The highest BCUT2D eigenvalue weighted by Gasteiger charge is 2.23. The van der Waals surface area contributed by atoms with Gasteiger partial charge in [-0.15, -0.1) is 0 Å². The molecule has 0 amide bonds. The number of hydrogen-bond donors (Lipinski definition) is 0. The zero-order valence-electron chi connectivity index (χ0n) is 14.3. The summed E-state index contributed by atoms with van der Waals surface area (Å²) in [6.45, 7) is 0. The van der Waals surface area contributed by atoms with Gasteiger partial charge >= 0.3 is 0 Å². The van der Waals surface area contributed by atoms with Gasteiger partial charge in [0.15, 0.2) is 0 Å². The Labute approximate surface area is 166 Å². The van der Waals surface area contributed by atoms with Crippen LogP contribution < -0.4 is 0 Å². The van der Waals surface area contributed by atoms with Crippen LogP contribution in [0.2, 0.25) is 5.02 Å². The molecule has 4 aromatic carbocycles. The van der Waals surface area contributed by atoms with Crippen LogP contribution in [0.5, 0.6) is 0 Å². The topological polar surface area (TPSA) is 0 Å². The first-order valence-electron chi connectivity index (χ1n) is 9.08. The molecular formula is C24H18BrCl. The predicted molar refractivity (Wildman–Crippen MR) is 115 cm³/mol. The molecule has 0 aliphatic heterocycles. The van der Waals surface area contributed by atoms with Crippen LogP contribution in [0.1, 0.15) is 29.0 Å². The molecule has 0 aromatic heterocycles. The molecule has 1 aliphatic rings. The smallest absolute Gasteiger partial charge is 0.0417 e. The molecule has 4 aromatic rings. The van der Waals surface area contributed by atoms with Crippen molar-refractivity contribution in [3.05, 3.63) is 92.9 Å². The molecule has 1 atom stereocenters. The minimum Gasteiger partial charge on any atom is -0.0843 e. The lowest BCUT2D eigenvalue weighted by Gasteiger charge is -2.27. The summed E-state index contributed by atoms with van der Waals surface area (Å²) in [5.74, 6) is 0.548. The predicted octanol–water partition coefficient (Wildman–Crippen LogP) is 7.68. The first-order chi connectivity index (χ1) is 12.7. The average molecular weight is 422 g/mol. The van der Waals surface area contributed by atoms with E-state index in [1.54, 1.807) is 0 Å². The molecule has 0 saturated heterocycles. The fourth-order valence-electron chi connectivity index (χ4n) is 4.47. The van der Waals surface area contributed by atoms with Gasteiger partial charge in [0.25, 0.3) is 0 Å². The van der Waals surface area contributed by atoms with Crippen LogP contribution in [0.25, 0.3) is 21.5 Å². The fraction of sp³-hybridized carbons (Fsp3) is 0.167. The van der Waals surface area contributed by atoms with Crippen molar-refractivity contribution in [2.75, 3.05) is 0 Å². The normalized spacial score (nSPS) is 16.8. The van der Waals surface area contributed by atoms with Crippen molar-refractivity contribution in [3.8, 4) is 0 Å². The summed E-state index contributed by atoms with van der Waals surface area (Å²) >= 11 is 9.83. The Hall–Kier alpha value is -1.83. The third-order valence-electron chi connectivity index (χ3n) is 5.75. The molecule has 2 heteroatoms. The summed E-state index contributed by atoms with van der Waals surface area (Å²) < 4.78 is 1.13. The molecule has 1 aliphatic carbocycles. The van der Waals surface area contributed by atoms with Crippen LogP contribution in [-0.2, 0) is 12.8 Å². The van der Waals surface area contributed by atoms with Crippen molar-refractivity contribution in [1.82, 2.24) is 0 Å². The Bertz CT molecular complexity index is 1150. The molecule has 5 rings (SSSR count). The lowest BCUT2D eigenvalue weighted by atomic mass is 9.78. The minimum absolute atomic E-state index is 0.548. The fourth-order valence-corrected chi connectivity index (χ4v) is 5.47. The molecule has 1 unspecified atom stereocenters. The minimum atomic E-state index is 0.548. The quantitative estimate of drug-likeness (QED) is 0.276. The SMILES string of the molecule is Clc1ccc(C2CCc3c(ccc4c3ccc3ccccc34)C2)c(Br)c1. The number of rotatable bonds is 1. The van der Waals surface area contributed by atoms with Gasteiger partial charge in [-0.05, 0) is 75.5 Å². The molecule has 0 bridgehead atoms. The maximum absolute atomic E-state index is 6.12. The number of halogens is 2. The molecule has 0 nitrogen and oxygen atoms in total. The molecule has 0 saturated carbocycles. The summed E-state index contributed by atoms with van der Waals surface area (Å²) in [4.78, 5) is 0. The number of fused-ring (bicyclic) bond motifs is 5. The second-order valence-corrected chi connectivity index (χ2v) is 8.48. The Morgan fingerprint density at radius 1 is 0.846 bits per heavy atom. The molecule has 0 spiro atoms. The lowest BCUT2D eigenvalue weighted by molar-refractivity contribution is 0.586. The Morgan fingerprint density at radius 3 is 2.58 bits per heavy atom. The van der Waals surface area contributed by atoms with Crippen molar-refractivity contribution in [2.45, 2.75) is 25.2 Å². The van der Waals surface area contributed by atoms with E-state index in [9.17, 15) is 0 Å². The van der Waals surface area contributed by atoms with Crippen LogP contribution in [0.15, 0.2) is 71.2 Å². The highest BCUT2D eigenvalue weighted by atomic mass is 79.9. The van der Waals surface area contributed by atoms with Crippen LogP contribution in [-0.4, -0.2) is 0 Å². The van der Waals surface area contributed by atoms with E-state index in [1.165, 1.54) is 44.7 Å². The second kappa shape index (κ2) is 6.40. The van der Waals surface area contributed by atoms with Crippen LogP contribution in [0.4, 0.5) is 0 Å². The number of aryl methyl sites for hydroxylation is 1. The molecule has 0 heterocycles. The van der Waals surface area contributed by atoms with Gasteiger partial charge in [0.05, 0.1) is 0 Å². The standard InChI is InChI=1S/C24H18BrCl/c25-24-14-18(26)8-12-21(24)17-6-9-20-16(13-17)7-11-22-19-4-2-1-3-15(19)5-10-23(20)22/h1-5,7-8,10-12,14,17H,6,9,13H2. The number of hydrogen-bond acceptors (Lipinski definition) is 0. The molecule has 0 radical (unpaired) electrons. The third-order valence-corrected chi connectivity index (χ3v) is 6.67. The first-order valence-corrected chi connectivity index (χ1v) is 10.2. The molecular weight excluding hydrogens is 404 g/mol. The van der Waals surface area contributed by atoms with Crippen molar-refractivity contribution in [1.29, 1.82) is 0 Å². The monoisotopic (exact) mass is 420 g/mol. The summed E-state index contributed by atoms with van der Waals surface area (Å²) in [7, 11) is 0. The van der Waals surface area contributed by atoms with Crippen molar-refractivity contribution in [3.63, 3.8) is 0 Å². The van der Waals surface area contributed by atoms with E-state index in [0.717, 1.165) is 22.3 Å². The maximum Gasteiger partial charge on any atom is 0.0417 e. The van der Waals surface area contributed by atoms with E-state index in [-0.39, 0.29) is 0 Å². The first kappa shape index (κ1) is 16.4.